The second-order valence-electron chi connectivity index (χ2n) is 4.41. The Labute approximate surface area is 95.0 Å². The molecule has 0 bridgehead atoms. The molecule has 0 saturated carbocycles. The largest absolute Gasteiger partial charge is 0.481 e. The Hall–Kier alpha value is -1.71. The highest BCUT2D eigenvalue weighted by atomic mass is 16.5. The molecule has 1 heterocycles. The number of hydrogen-bond acceptors (Lipinski definition) is 3. The molecule has 1 aliphatic heterocycles. The predicted molar refractivity (Wildman–Crippen MR) is 63.5 cm³/mol. The maximum atomic E-state index is 11.7. The Bertz CT molecular complexity index is 415. The van der Waals surface area contributed by atoms with Crippen molar-refractivity contribution in [2.24, 2.45) is 5.92 Å². The van der Waals surface area contributed by atoms with Crippen LogP contribution in [0.4, 0.5) is 11.4 Å². The molecule has 1 aromatic rings. The third-order valence-electron chi connectivity index (χ3n) is 2.47. The fourth-order valence-electron chi connectivity index (χ4n) is 1.79. The van der Waals surface area contributed by atoms with Crippen molar-refractivity contribution in [3.05, 3.63) is 18.2 Å². The molecule has 0 saturated heterocycles. The third-order valence-corrected chi connectivity index (χ3v) is 2.47. The number of nitrogens with zero attached hydrogens (tertiary/aromatic N) is 1. The highest BCUT2D eigenvalue weighted by molar-refractivity contribution is 5.98. The first-order valence-corrected chi connectivity index (χ1v) is 5.40. The monoisotopic (exact) mass is 220 g/mol. The molecule has 2 rings (SSSR count). The minimum Gasteiger partial charge on any atom is -0.481 e. The lowest BCUT2D eigenvalue weighted by molar-refractivity contribution is -0.121. The number of anilines is 2. The standard InChI is InChI=1S/C12H16N2O2/c1-8(2)6-14-10-4-3-9(13)5-11(10)16-7-12(14)15/h3-5,8H,6-7,13H2,1-2H3. The van der Waals surface area contributed by atoms with Gasteiger partial charge in [-0.15, -0.1) is 0 Å². The number of benzene rings is 1. The third kappa shape index (κ3) is 1.96. The summed E-state index contributed by atoms with van der Waals surface area (Å²) in [5.41, 5.74) is 7.15. The van der Waals surface area contributed by atoms with Gasteiger partial charge in [0, 0.05) is 18.3 Å². The molecule has 4 nitrogen and oxygen atoms in total. The molecule has 2 N–H and O–H groups in total. The van der Waals surface area contributed by atoms with E-state index in [4.69, 9.17) is 10.5 Å². The molecule has 1 amide bonds. The van der Waals surface area contributed by atoms with Crippen LogP contribution in [0.5, 0.6) is 5.75 Å². The molecule has 0 radical (unpaired) electrons. The van der Waals surface area contributed by atoms with E-state index in [9.17, 15) is 4.79 Å². The van der Waals surface area contributed by atoms with Crippen LogP contribution in [0.25, 0.3) is 0 Å². The predicted octanol–water partition coefficient (Wildman–Crippen LogP) is 1.65. The van der Waals surface area contributed by atoms with E-state index in [1.54, 1.807) is 17.0 Å². The molecule has 4 heteroatoms. The van der Waals surface area contributed by atoms with Crippen LogP contribution in [0.3, 0.4) is 0 Å². The molecule has 16 heavy (non-hydrogen) atoms. The number of amides is 1. The number of carbonyl (C=O) groups is 1. The van der Waals surface area contributed by atoms with Gasteiger partial charge in [0.25, 0.3) is 5.91 Å². The number of nitrogen functional groups attached to an aromatic ring is 1. The number of fused-ring (bicyclic) bond motifs is 1. The van der Waals surface area contributed by atoms with Gasteiger partial charge in [-0.3, -0.25) is 4.79 Å². The molecule has 0 atom stereocenters. The Morgan fingerprint density at radius 2 is 2.25 bits per heavy atom. The number of rotatable bonds is 2. The molecular weight excluding hydrogens is 204 g/mol. The Kier molecular flexibility index (Phi) is 2.73. The fraction of sp³-hybridized carbons (Fsp3) is 0.417. The molecule has 0 unspecified atom stereocenters. The first kappa shape index (κ1) is 10.8. The van der Waals surface area contributed by atoms with Gasteiger partial charge < -0.3 is 15.4 Å². The summed E-state index contributed by atoms with van der Waals surface area (Å²) in [7, 11) is 0. The quantitative estimate of drug-likeness (QED) is 0.771. The summed E-state index contributed by atoms with van der Waals surface area (Å²) in [5, 5.41) is 0. The SMILES string of the molecule is CC(C)CN1C(=O)COc2cc(N)ccc21. The summed E-state index contributed by atoms with van der Waals surface area (Å²) in [5.74, 6) is 1.12. The Morgan fingerprint density at radius 3 is 2.94 bits per heavy atom. The lowest BCUT2D eigenvalue weighted by atomic mass is 10.1. The van der Waals surface area contributed by atoms with Crippen molar-refractivity contribution in [1.29, 1.82) is 0 Å². The zero-order valence-corrected chi connectivity index (χ0v) is 9.56. The highest BCUT2D eigenvalue weighted by Gasteiger charge is 2.25. The minimum atomic E-state index is 0.00553. The zero-order chi connectivity index (χ0) is 11.7. The molecule has 86 valence electrons. The molecule has 0 aliphatic carbocycles. The molecule has 0 aromatic heterocycles. The highest BCUT2D eigenvalue weighted by Crippen LogP contribution is 2.33. The van der Waals surface area contributed by atoms with Gasteiger partial charge in [0.2, 0.25) is 0 Å². The fourth-order valence-corrected chi connectivity index (χ4v) is 1.79. The van der Waals surface area contributed by atoms with Crippen molar-refractivity contribution in [1.82, 2.24) is 0 Å². The van der Waals surface area contributed by atoms with E-state index in [1.165, 1.54) is 0 Å². The average Bonchev–Trinajstić information content (AvgIpc) is 2.22. The maximum absolute atomic E-state index is 11.7. The second-order valence-corrected chi connectivity index (χ2v) is 4.41. The van der Waals surface area contributed by atoms with Crippen LogP contribution in [-0.4, -0.2) is 19.1 Å². The first-order valence-electron chi connectivity index (χ1n) is 5.40. The van der Waals surface area contributed by atoms with E-state index in [1.807, 2.05) is 6.07 Å². The van der Waals surface area contributed by atoms with E-state index in [0.717, 1.165) is 5.69 Å². The van der Waals surface area contributed by atoms with Crippen molar-refractivity contribution in [3.63, 3.8) is 0 Å². The van der Waals surface area contributed by atoms with Gasteiger partial charge in [-0.2, -0.15) is 0 Å². The number of nitrogens with two attached hydrogens (primary N) is 1. The molecule has 0 fully saturated rings. The van der Waals surface area contributed by atoms with Gasteiger partial charge in [0.05, 0.1) is 5.69 Å². The summed E-state index contributed by atoms with van der Waals surface area (Å²) in [6.45, 7) is 4.97. The summed E-state index contributed by atoms with van der Waals surface area (Å²) >= 11 is 0. The van der Waals surface area contributed by atoms with Gasteiger partial charge in [-0.05, 0) is 18.1 Å². The Balaban J connectivity index is 2.36. The van der Waals surface area contributed by atoms with Crippen molar-refractivity contribution in [2.45, 2.75) is 13.8 Å². The second kappa shape index (κ2) is 4.04. The van der Waals surface area contributed by atoms with Gasteiger partial charge >= 0.3 is 0 Å². The van der Waals surface area contributed by atoms with E-state index >= 15 is 0 Å². The van der Waals surface area contributed by atoms with Crippen molar-refractivity contribution < 1.29 is 9.53 Å². The minimum absolute atomic E-state index is 0.00553. The van der Waals surface area contributed by atoms with E-state index in [-0.39, 0.29) is 12.5 Å². The van der Waals surface area contributed by atoms with Crippen LogP contribution in [-0.2, 0) is 4.79 Å². The van der Waals surface area contributed by atoms with Gasteiger partial charge in [-0.25, -0.2) is 0 Å². The lowest BCUT2D eigenvalue weighted by Crippen LogP contribution is -2.40. The maximum Gasteiger partial charge on any atom is 0.265 e. The van der Waals surface area contributed by atoms with Crippen LogP contribution in [0.1, 0.15) is 13.8 Å². The number of carbonyl (C=O) groups excluding carboxylic acids is 1. The first-order chi connectivity index (χ1) is 7.58. The lowest BCUT2D eigenvalue weighted by Gasteiger charge is -2.30. The number of hydrogen-bond donors (Lipinski definition) is 1. The van der Waals surface area contributed by atoms with Crippen molar-refractivity contribution in [3.8, 4) is 5.75 Å². The van der Waals surface area contributed by atoms with Crippen LogP contribution >= 0.6 is 0 Å². The smallest absolute Gasteiger partial charge is 0.265 e. The molecule has 0 spiro atoms. The molecular formula is C12H16N2O2. The van der Waals surface area contributed by atoms with Gasteiger partial charge in [0.1, 0.15) is 5.75 Å². The topological polar surface area (TPSA) is 55.6 Å². The van der Waals surface area contributed by atoms with Crippen LogP contribution in [0.2, 0.25) is 0 Å². The zero-order valence-electron chi connectivity index (χ0n) is 9.56. The van der Waals surface area contributed by atoms with Crippen molar-refractivity contribution >= 4 is 17.3 Å². The number of ether oxygens (including phenoxy) is 1. The summed E-state index contributed by atoms with van der Waals surface area (Å²) < 4.78 is 5.36. The van der Waals surface area contributed by atoms with E-state index < -0.39 is 0 Å². The van der Waals surface area contributed by atoms with Crippen LogP contribution in [0.15, 0.2) is 18.2 Å². The Morgan fingerprint density at radius 1 is 1.50 bits per heavy atom. The van der Waals surface area contributed by atoms with Gasteiger partial charge in [0.15, 0.2) is 6.61 Å². The van der Waals surface area contributed by atoms with Crippen molar-refractivity contribution in [2.75, 3.05) is 23.8 Å². The van der Waals surface area contributed by atoms with Crippen LogP contribution < -0.4 is 15.4 Å². The summed E-state index contributed by atoms with van der Waals surface area (Å²) in [6, 6.07) is 5.38. The van der Waals surface area contributed by atoms with E-state index in [2.05, 4.69) is 13.8 Å². The van der Waals surface area contributed by atoms with Gasteiger partial charge in [-0.1, -0.05) is 13.8 Å². The average molecular weight is 220 g/mol. The molecule has 1 aliphatic rings. The normalized spacial score (nSPS) is 14.9. The van der Waals surface area contributed by atoms with Crippen LogP contribution in [0, 0.1) is 5.92 Å². The summed E-state index contributed by atoms with van der Waals surface area (Å²) in [6.07, 6.45) is 0. The summed E-state index contributed by atoms with van der Waals surface area (Å²) in [4.78, 5) is 13.5. The molecule has 1 aromatic carbocycles. The van der Waals surface area contributed by atoms with E-state index in [0.29, 0.717) is 23.9 Å².